The molecule has 5 nitrogen and oxygen atoms in total. The van der Waals surface area contributed by atoms with Crippen molar-refractivity contribution in [2.45, 2.75) is 71.7 Å². The minimum Gasteiger partial charge on any atom is -0.388 e. The van der Waals surface area contributed by atoms with Crippen molar-refractivity contribution >= 4 is 10.1 Å². The highest BCUT2D eigenvalue weighted by Crippen LogP contribution is 2.75. The third kappa shape index (κ3) is 2.38. The molecular formula is C22H36O5S. The number of hydrogen-bond donors (Lipinski definition) is 1. The quantitative estimate of drug-likeness (QED) is 0.568. The van der Waals surface area contributed by atoms with Gasteiger partial charge in [-0.05, 0) is 48.3 Å². The molecule has 0 aromatic carbocycles. The molecular weight excluding hydrogens is 376 g/mol. The third-order valence-corrected chi connectivity index (χ3v) is 9.80. The van der Waals surface area contributed by atoms with Crippen molar-refractivity contribution in [2.75, 3.05) is 13.4 Å². The highest BCUT2D eigenvalue weighted by molar-refractivity contribution is 7.86. The van der Waals surface area contributed by atoms with Crippen molar-refractivity contribution in [3.8, 4) is 0 Å². The topological polar surface area (TPSA) is 72.8 Å². The summed E-state index contributed by atoms with van der Waals surface area (Å²) < 4.78 is 35.9. The molecule has 28 heavy (non-hydrogen) atoms. The molecule has 0 saturated heterocycles. The smallest absolute Gasteiger partial charge is 0.264 e. The number of fused-ring (bicyclic) bond motifs is 5. The molecule has 4 aliphatic carbocycles. The minimum absolute atomic E-state index is 0.0782. The molecule has 9 atom stereocenters. The van der Waals surface area contributed by atoms with Crippen LogP contribution < -0.4 is 0 Å². The van der Waals surface area contributed by atoms with E-state index in [4.69, 9.17) is 8.92 Å². The number of rotatable bonds is 3. The number of allylic oxidation sites excluding steroid dienone is 1. The van der Waals surface area contributed by atoms with Gasteiger partial charge in [-0.3, -0.25) is 4.18 Å². The van der Waals surface area contributed by atoms with Gasteiger partial charge in [0.25, 0.3) is 10.1 Å². The fourth-order valence-electron chi connectivity index (χ4n) is 8.13. The average molecular weight is 413 g/mol. The Morgan fingerprint density at radius 1 is 1.11 bits per heavy atom. The van der Waals surface area contributed by atoms with Crippen molar-refractivity contribution < 1.29 is 22.4 Å². The van der Waals surface area contributed by atoms with Gasteiger partial charge < -0.3 is 9.84 Å². The average Bonchev–Trinajstić information content (AvgIpc) is 3.08. The molecule has 0 amide bonds. The summed E-state index contributed by atoms with van der Waals surface area (Å²) in [5.74, 6) is 0.800. The summed E-state index contributed by atoms with van der Waals surface area (Å²) in [4.78, 5) is 0. The molecule has 0 spiro atoms. The first-order chi connectivity index (χ1) is 12.7. The van der Waals surface area contributed by atoms with Crippen molar-refractivity contribution in [3.05, 3.63) is 12.2 Å². The first kappa shape index (κ1) is 20.8. The van der Waals surface area contributed by atoms with E-state index in [1.54, 1.807) is 7.11 Å². The summed E-state index contributed by atoms with van der Waals surface area (Å²) in [5.41, 5.74) is -2.20. The minimum atomic E-state index is -3.63. The van der Waals surface area contributed by atoms with Crippen LogP contribution in [0, 0.1) is 39.9 Å². The zero-order valence-electron chi connectivity index (χ0n) is 18.2. The predicted octanol–water partition coefficient (Wildman–Crippen LogP) is 3.38. The van der Waals surface area contributed by atoms with Crippen molar-refractivity contribution in [1.29, 1.82) is 0 Å². The number of aliphatic hydroxyl groups is 1. The van der Waals surface area contributed by atoms with Crippen LogP contribution in [-0.2, 0) is 19.0 Å². The number of hydrogen-bond acceptors (Lipinski definition) is 5. The van der Waals surface area contributed by atoms with Crippen LogP contribution in [0.3, 0.4) is 0 Å². The molecule has 4 aliphatic rings. The highest BCUT2D eigenvalue weighted by Gasteiger charge is 2.78. The van der Waals surface area contributed by atoms with Crippen LogP contribution in [0.25, 0.3) is 0 Å². The summed E-state index contributed by atoms with van der Waals surface area (Å²) in [5, 5.41) is 12.6. The number of methoxy groups -OCH3 is 1. The molecule has 0 aromatic rings. The van der Waals surface area contributed by atoms with E-state index >= 15 is 0 Å². The summed E-state index contributed by atoms with van der Waals surface area (Å²) >= 11 is 0. The fourth-order valence-corrected chi connectivity index (χ4v) is 8.84. The van der Waals surface area contributed by atoms with Gasteiger partial charge in [0.15, 0.2) is 0 Å². The van der Waals surface area contributed by atoms with Crippen LogP contribution in [0.15, 0.2) is 12.2 Å². The summed E-state index contributed by atoms with van der Waals surface area (Å²) in [6.45, 7) is 10.8. The van der Waals surface area contributed by atoms with Crippen LogP contribution >= 0.6 is 0 Å². The van der Waals surface area contributed by atoms with E-state index in [2.05, 4.69) is 46.8 Å². The molecule has 1 N–H and O–H groups in total. The van der Waals surface area contributed by atoms with Crippen molar-refractivity contribution in [1.82, 2.24) is 0 Å². The van der Waals surface area contributed by atoms with E-state index in [0.29, 0.717) is 12.3 Å². The summed E-state index contributed by atoms with van der Waals surface area (Å²) in [7, 11) is -1.87. The molecule has 0 radical (unpaired) electrons. The third-order valence-electron chi connectivity index (χ3n) is 9.22. The molecule has 0 aromatic heterocycles. The Balaban J connectivity index is 1.89. The summed E-state index contributed by atoms with van der Waals surface area (Å²) in [6, 6.07) is 0. The lowest BCUT2D eigenvalue weighted by Crippen LogP contribution is -2.68. The lowest BCUT2D eigenvalue weighted by Gasteiger charge is -2.62. The lowest BCUT2D eigenvalue weighted by molar-refractivity contribution is -0.238. The van der Waals surface area contributed by atoms with Gasteiger partial charge in [-0.2, -0.15) is 8.42 Å². The van der Waals surface area contributed by atoms with E-state index in [1.807, 2.05) is 0 Å². The van der Waals surface area contributed by atoms with E-state index in [0.717, 1.165) is 19.1 Å². The van der Waals surface area contributed by atoms with E-state index in [1.165, 1.54) is 0 Å². The van der Waals surface area contributed by atoms with Gasteiger partial charge in [-0.15, -0.1) is 0 Å². The Labute approximate surface area is 170 Å². The Morgan fingerprint density at radius 3 is 2.32 bits per heavy atom. The second-order valence-electron chi connectivity index (χ2n) is 11.1. The van der Waals surface area contributed by atoms with Gasteiger partial charge in [-0.1, -0.05) is 46.8 Å². The van der Waals surface area contributed by atoms with E-state index < -0.39 is 32.7 Å². The van der Waals surface area contributed by atoms with Gasteiger partial charge >= 0.3 is 0 Å². The zero-order valence-corrected chi connectivity index (χ0v) is 19.0. The molecule has 0 bridgehead atoms. The largest absolute Gasteiger partial charge is 0.388 e. The van der Waals surface area contributed by atoms with Crippen molar-refractivity contribution in [2.24, 2.45) is 39.9 Å². The molecule has 4 rings (SSSR count). The monoisotopic (exact) mass is 412 g/mol. The fraction of sp³-hybridized carbons (Fsp3) is 0.909. The second-order valence-corrected chi connectivity index (χ2v) is 12.7. The van der Waals surface area contributed by atoms with Gasteiger partial charge in [0.1, 0.15) is 0 Å². The van der Waals surface area contributed by atoms with Crippen LogP contribution in [-0.4, -0.2) is 44.7 Å². The van der Waals surface area contributed by atoms with Crippen molar-refractivity contribution in [3.63, 3.8) is 0 Å². The normalized spacial score (nSPS) is 54.4. The van der Waals surface area contributed by atoms with E-state index in [9.17, 15) is 13.5 Å². The highest BCUT2D eigenvalue weighted by atomic mass is 32.2. The van der Waals surface area contributed by atoms with Crippen LogP contribution in [0.4, 0.5) is 0 Å². The molecule has 0 heterocycles. The van der Waals surface area contributed by atoms with Crippen LogP contribution in [0.5, 0.6) is 0 Å². The maximum Gasteiger partial charge on any atom is 0.264 e. The Bertz CT molecular complexity index is 804. The molecule has 6 heteroatoms. The Hall–Kier alpha value is -0.430. The van der Waals surface area contributed by atoms with Gasteiger partial charge in [0.2, 0.25) is 0 Å². The molecule has 3 saturated carbocycles. The SMILES string of the molecule is CO[C@H]1[C@H](C)CC2[C@@H]1C[C@]1(C)[C@H](OS(C)(=O)=O)C[C@H]3C(C)(C)C=C[C@@]3(C)[C@]21O. The molecule has 0 aliphatic heterocycles. The number of ether oxygens (including phenoxy) is 1. The Morgan fingerprint density at radius 2 is 1.75 bits per heavy atom. The first-order valence-electron chi connectivity index (χ1n) is 10.5. The van der Waals surface area contributed by atoms with E-state index in [-0.39, 0.29) is 29.3 Å². The first-order valence-corrected chi connectivity index (χ1v) is 12.4. The maximum atomic E-state index is 12.6. The summed E-state index contributed by atoms with van der Waals surface area (Å²) in [6.07, 6.45) is 7.40. The zero-order chi connectivity index (χ0) is 20.9. The Kier molecular flexibility index (Phi) is 4.34. The van der Waals surface area contributed by atoms with Crippen LogP contribution in [0.2, 0.25) is 0 Å². The van der Waals surface area contributed by atoms with Gasteiger partial charge in [0, 0.05) is 17.9 Å². The predicted molar refractivity (Wildman–Crippen MR) is 108 cm³/mol. The van der Waals surface area contributed by atoms with Crippen LogP contribution in [0.1, 0.15) is 53.9 Å². The van der Waals surface area contributed by atoms with Gasteiger partial charge in [-0.25, -0.2) is 0 Å². The maximum absolute atomic E-state index is 12.6. The second kappa shape index (κ2) is 5.83. The molecule has 3 fully saturated rings. The molecule has 1 unspecified atom stereocenters. The standard InChI is InChI=1S/C22H36O5S/c1-13-10-15-14(18(13)26-6)12-21(5)17(27-28(7,24)25)11-16-19(2,3)8-9-20(16,4)22(15,21)23/h8-9,13-18,23H,10-12H2,1-7H3/t13-,14+,15?,16+,17-,18+,20-,21-,22-/m1/s1. The lowest BCUT2D eigenvalue weighted by atomic mass is 9.46. The van der Waals surface area contributed by atoms with Gasteiger partial charge in [0.05, 0.1) is 24.1 Å². The molecule has 160 valence electrons.